The van der Waals surface area contributed by atoms with Crippen molar-refractivity contribution in [2.24, 2.45) is 0 Å². The molecule has 1 aliphatic rings. The maximum absolute atomic E-state index is 5.03. The van der Waals surface area contributed by atoms with Gasteiger partial charge in [0.1, 0.15) is 0 Å². The van der Waals surface area contributed by atoms with Crippen molar-refractivity contribution in [3.8, 4) is 67.5 Å². The quantitative estimate of drug-likeness (QED) is 0.190. The van der Waals surface area contributed by atoms with E-state index in [0.717, 1.165) is 33.4 Å². The standard InChI is InChI=1S/C45H32N4/c1-45(2)40-24-22-34(27-39(40)38-23-21-31-12-6-7-16-37(31)41(38)45)33-13-8-14-35(26-33)43-47-42(48-44(49-43)36-15-9-25-46-28-36)32-19-17-30(18-20-32)29-10-4-3-5-11-29/h3-28H,1-2H3. The Kier molecular flexibility index (Phi) is 6.77. The number of fused-ring (bicyclic) bond motifs is 5. The van der Waals surface area contributed by atoms with E-state index in [1.54, 1.807) is 12.4 Å². The van der Waals surface area contributed by atoms with Crippen LogP contribution in [0.1, 0.15) is 25.0 Å². The summed E-state index contributed by atoms with van der Waals surface area (Å²) in [5.74, 6) is 1.84. The third-order valence-electron chi connectivity index (χ3n) is 9.80. The fourth-order valence-electron chi connectivity index (χ4n) is 7.33. The second kappa shape index (κ2) is 11.5. The number of aromatic nitrogens is 4. The molecular formula is C45H32N4. The fraction of sp³-hybridized carbons (Fsp3) is 0.0667. The lowest BCUT2D eigenvalue weighted by Crippen LogP contribution is -2.15. The van der Waals surface area contributed by atoms with Gasteiger partial charge >= 0.3 is 0 Å². The molecule has 1 aliphatic carbocycles. The van der Waals surface area contributed by atoms with E-state index in [0.29, 0.717) is 17.5 Å². The first-order valence-corrected chi connectivity index (χ1v) is 16.6. The molecule has 2 heterocycles. The minimum atomic E-state index is -0.0881. The molecule has 0 bridgehead atoms. The van der Waals surface area contributed by atoms with Gasteiger partial charge in [0, 0.05) is 34.5 Å². The number of hydrogen-bond acceptors (Lipinski definition) is 4. The lowest BCUT2D eigenvalue weighted by atomic mass is 9.80. The summed E-state index contributed by atoms with van der Waals surface area (Å²) in [6.45, 7) is 4.69. The number of hydrogen-bond donors (Lipinski definition) is 0. The maximum Gasteiger partial charge on any atom is 0.165 e. The number of rotatable bonds is 5. The minimum Gasteiger partial charge on any atom is -0.264 e. The van der Waals surface area contributed by atoms with Crippen LogP contribution < -0.4 is 0 Å². The molecule has 0 spiro atoms. The van der Waals surface area contributed by atoms with Crippen LogP contribution in [0.4, 0.5) is 0 Å². The monoisotopic (exact) mass is 628 g/mol. The predicted molar refractivity (Wildman–Crippen MR) is 200 cm³/mol. The molecule has 0 saturated carbocycles. The van der Waals surface area contributed by atoms with Gasteiger partial charge in [-0.25, -0.2) is 15.0 Å². The molecule has 0 aliphatic heterocycles. The largest absolute Gasteiger partial charge is 0.264 e. The molecule has 2 aromatic heterocycles. The third kappa shape index (κ3) is 5.01. The first-order valence-electron chi connectivity index (χ1n) is 16.6. The van der Waals surface area contributed by atoms with Gasteiger partial charge in [-0.1, -0.05) is 135 Å². The lowest BCUT2D eigenvalue weighted by molar-refractivity contribution is 0.666. The summed E-state index contributed by atoms with van der Waals surface area (Å²) < 4.78 is 0. The first-order chi connectivity index (χ1) is 24.0. The summed E-state index contributed by atoms with van der Waals surface area (Å²) in [6.07, 6.45) is 3.56. The van der Waals surface area contributed by atoms with Crippen molar-refractivity contribution >= 4 is 10.8 Å². The van der Waals surface area contributed by atoms with Crippen LogP contribution in [0.2, 0.25) is 0 Å². The molecule has 0 unspecified atom stereocenters. The van der Waals surface area contributed by atoms with Gasteiger partial charge in [-0.15, -0.1) is 0 Å². The zero-order chi connectivity index (χ0) is 33.0. The zero-order valence-electron chi connectivity index (χ0n) is 27.3. The van der Waals surface area contributed by atoms with Crippen molar-refractivity contribution in [1.82, 2.24) is 19.9 Å². The molecule has 8 aromatic rings. The van der Waals surface area contributed by atoms with Crippen molar-refractivity contribution < 1.29 is 0 Å². The predicted octanol–water partition coefficient (Wildman–Crippen LogP) is 11.1. The normalized spacial score (nSPS) is 12.9. The Labute approximate surface area is 285 Å². The van der Waals surface area contributed by atoms with Crippen LogP contribution in [0.3, 0.4) is 0 Å². The van der Waals surface area contributed by atoms with Gasteiger partial charge < -0.3 is 0 Å². The van der Waals surface area contributed by atoms with Crippen molar-refractivity contribution in [3.05, 3.63) is 169 Å². The van der Waals surface area contributed by atoms with Gasteiger partial charge in [0.25, 0.3) is 0 Å². The molecule has 0 amide bonds. The van der Waals surface area contributed by atoms with Crippen molar-refractivity contribution in [2.45, 2.75) is 19.3 Å². The molecule has 49 heavy (non-hydrogen) atoms. The fourth-order valence-corrected chi connectivity index (χ4v) is 7.33. The Bertz CT molecular complexity index is 2500. The molecule has 0 fully saturated rings. The molecule has 6 aromatic carbocycles. The molecule has 4 nitrogen and oxygen atoms in total. The van der Waals surface area contributed by atoms with Crippen LogP contribution in [0, 0.1) is 0 Å². The van der Waals surface area contributed by atoms with E-state index < -0.39 is 0 Å². The Morgan fingerprint density at radius 2 is 1.04 bits per heavy atom. The Balaban J connectivity index is 1.13. The zero-order valence-corrected chi connectivity index (χ0v) is 27.3. The van der Waals surface area contributed by atoms with Crippen molar-refractivity contribution in [3.63, 3.8) is 0 Å². The minimum absolute atomic E-state index is 0.0881. The smallest absolute Gasteiger partial charge is 0.165 e. The summed E-state index contributed by atoms with van der Waals surface area (Å²) in [7, 11) is 0. The van der Waals surface area contributed by atoms with Crippen LogP contribution in [0.15, 0.2) is 158 Å². The van der Waals surface area contributed by atoms with E-state index in [4.69, 9.17) is 15.0 Å². The molecule has 9 rings (SSSR count). The van der Waals surface area contributed by atoms with Gasteiger partial charge in [0.2, 0.25) is 0 Å². The summed E-state index contributed by atoms with van der Waals surface area (Å²) in [6, 6.07) is 51.4. The third-order valence-corrected chi connectivity index (χ3v) is 9.80. The number of benzene rings is 6. The van der Waals surface area contributed by atoms with E-state index >= 15 is 0 Å². The summed E-state index contributed by atoms with van der Waals surface area (Å²) in [5.41, 5.74) is 12.6. The second-order valence-corrected chi connectivity index (χ2v) is 13.2. The second-order valence-electron chi connectivity index (χ2n) is 13.2. The van der Waals surface area contributed by atoms with Crippen molar-refractivity contribution in [2.75, 3.05) is 0 Å². The average molecular weight is 629 g/mol. The molecular weight excluding hydrogens is 597 g/mol. The van der Waals surface area contributed by atoms with E-state index in [2.05, 4.69) is 146 Å². The van der Waals surface area contributed by atoms with Crippen LogP contribution in [-0.2, 0) is 5.41 Å². The topological polar surface area (TPSA) is 51.6 Å². The summed E-state index contributed by atoms with van der Waals surface area (Å²) >= 11 is 0. The average Bonchev–Trinajstić information content (AvgIpc) is 3.41. The van der Waals surface area contributed by atoms with Crippen LogP contribution in [0.5, 0.6) is 0 Å². The SMILES string of the molecule is CC1(C)c2ccc(-c3cccc(-c4nc(-c5ccc(-c6ccccc6)cc5)nc(-c5cccnc5)n4)c3)cc2-c2ccc3ccccc3c21. The van der Waals surface area contributed by atoms with Gasteiger partial charge in [0.05, 0.1) is 0 Å². The summed E-state index contributed by atoms with van der Waals surface area (Å²) in [4.78, 5) is 19.3. The molecule has 232 valence electrons. The molecule has 4 heteroatoms. The Hall–Kier alpha value is -6.26. The van der Waals surface area contributed by atoms with Gasteiger partial charge in [0.15, 0.2) is 17.5 Å². The van der Waals surface area contributed by atoms with Crippen LogP contribution in [-0.4, -0.2) is 19.9 Å². The summed E-state index contributed by atoms with van der Waals surface area (Å²) in [5, 5.41) is 2.61. The molecule has 0 N–H and O–H groups in total. The first kappa shape index (κ1) is 28.9. The van der Waals surface area contributed by atoms with E-state index in [-0.39, 0.29) is 5.41 Å². The van der Waals surface area contributed by atoms with E-state index in [1.807, 2.05) is 18.2 Å². The molecule has 0 atom stereocenters. The molecule has 0 saturated heterocycles. The highest BCUT2D eigenvalue weighted by molar-refractivity contribution is 5.98. The Morgan fingerprint density at radius 1 is 0.429 bits per heavy atom. The van der Waals surface area contributed by atoms with E-state index in [1.165, 1.54) is 38.6 Å². The van der Waals surface area contributed by atoms with Gasteiger partial charge in [-0.3, -0.25) is 4.98 Å². The van der Waals surface area contributed by atoms with Gasteiger partial charge in [-0.05, 0) is 79.5 Å². The van der Waals surface area contributed by atoms with Crippen LogP contribution in [0.25, 0.3) is 78.3 Å². The molecule has 0 radical (unpaired) electrons. The maximum atomic E-state index is 5.03. The lowest BCUT2D eigenvalue weighted by Gasteiger charge is -2.23. The number of nitrogens with zero attached hydrogens (tertiary/aromatic N) is 4. The van der Waals surface area contributed by atoms with Crippen molar-refractivity contribution in [1.29, 1.82) is 0 Å². The highest BCUT2D eigenvalue weighted by Crippen LogP contribution is 2.52. The Morgan fingerprint density at radius 3 is 1.84 bits per heavy atom. The number of pyridine rings is 1. The van der Waals surface area contributed by atoms with Gasteiger partial charge in [-0.2, -0.15) is 0 Å². The van der Waals surface area contributed by atoms with Crippen LogP contribution >= 0.6 is 0 Å². The highest BCUT2D eigenvalue weighted by Gasteiger charge is 2.36. The highest BCUT2D eigenvalue weighted by atomic mass is 15.0. The van der Waals surface area contributed by atoms with E-state index in [9.17, 15) is 0 Å².